The highest BCUT2D eigenvalue weighted by Gasteiger charge is 2.19. The molecule has 356 valence electrons. The molecule has 0 rings (SSSR count). The molecule has 60 heavy (non-hydrogen) atoms. The van der Waals surface area contributed by atoms with Crippen molar-refractivity contribution >= 4 is 17.9 Å². The van der Waals surface area contributed by atoms with E-state index < -0.39 is 6.10 Å². The van der Waals surface area contributed by atoms with Crippen LogP contribution in [0, 0.1) is 11.8 Å². The Labute approximate surface area is 374 Å². The van der Waals surface area contributed by atoms with Gasteiger partial charge in [0.1, 0.15) is 13.2 Å². The molecule has 0 saturated carbocycles. The van der Waals surface area contributed by atoms with Crippen molar-refractivity contribution in [2.75, 3.05) is 13.2 Å². The van der Waals surface area contributed by atoms with Gasteiger partial charge in [-0.05, 0) is 31.1 Å². The molecule has 2 atom stereocenters. The number of rotatable bonds is 48. The fourth-order valence-electron chi connectivity index (χ4n) is 8.13. The molecule has 0 spiro atoms. The molecule has 0 aromatic rings. The van der Waals surface area contributed by atoms with E-state index in [2.05, 4.69) is 34.6 Å². The van der Waals surface area contributed by atoms with Gasteiger partial charge in [0.2, 0.25) is 0 Å². The van der Waals surface area contributed by atoms with Crippen molar-refractivity contribution in [3.8, 4) is 0 Å². The Morgan fingerprint density at radius 2 is 0.633 bits per heavy atom. The molecule has 6 nitrogen and oxygen atoms in total. The van der Waals surface area contributed by atoms with Crippen LogP contribution in [0.15, 0.2) is 0 Å². The molecule has 0 amide bonds. The van der Waals surface area contributed by atoms with Crippen LogP contribution in [-0.2, 0) is 28.6 Å². The summed E-state index contributed by atoms with van der Waals surface area (Å²) in [6.45, 7) is 11.4. The molecule has 1 unspecified atom stereocenters. The zero-order valence-corrected chi connectivity index (χ0v) is 41.1. The summed E-state index contributed by atoms with van der Waals surface area (Å²) in [6.07, 6.45) is 48.1. The number of carbonyl (C=O) groups excluding carboxylic acids is 3. The quantitative estimate of drug-likeness (QED) is 0.0345. The van der Waals surface area contributed by atoms with Crippen LogP contribution in [0.5, 0.6) is 0 Å². The van der Waals surface area contributed by atoms with Crippen LogP contribution in [-0.4, -0.2) is 37.2 Å². The fraction of sp³-hybridized carbons (Fsp3) is 0.944. The lowest BCUT2D eigenvalue weighted by molar-refractivity contribution is -0.167. The SMILES string of the molecule is CCCCCCCCCCCCCCCCC(=O)OC[C@@H](COC(=O)CCCCCCCCC(C)CC)OC(=O)CCCCCCCCCCCCCCCCCC(C)C. The molecular formula is C54H104O6. The van der Waals surface area contributed by atoms with E-state index in [4.69, 9.17) is 14.2 Å². The minimum absolute atomic E-state index is 0.0639. The van der Waals surface area contributed by atoms with Crippen molar-refractivity contribution in [2.24, 2.45) is 11.8 Å². The van der Waals surface area contributed by atoms with Gasteiger partial charge in [-0.3, -0.25) is 14.4 Å². The predicted molar refractivity (Wildman–Crippen MR) is 256 cm³/mol. The van der Waals surface area contributed by atoms with Gasteiger partial charge in [-0.2, -0.15) is 0 Å². The molecule has 0 saturated heterocycles. The van der Waals surface area contributed by atoms with Crippen LogP contribution in [0.3, 0.4) is 0 Å². The van der Waals surface area contributed by atoms with Crippen molar-refractivity contribution in [3.63, 3.8) is 0 Å². The zero-order chi connectivity index (χ0) is 44.0. The topological polar surface area (TPSA) is 78.9 Å². The van der Waals surface area contributed by atoms with Crippen LogP contribution in [0.25, 0.3) is 0 Å². The van der Waals surface area contributed by atoms with E-state index in [1.807, 2.05) is 0 Å². The van der Waals surface area contributed by atoms with Gasteiger partial charge < -0.3 is 14.2 Å². The molecular weight excluding hydrogens is 745 g/mol. The molecule has 0 fully saturated rings. The van der Waals surface area contributed by atoms with Crippen molar-refractivity contribution < 1.29 is 28.6 Å². The minimum atomic E-state index is -0.762. The molecule has 0 aliphatic heterocycles. The third-order valence-corrected chi connectivity index (χ3v) is 12.6. The molecule has 0 N–H and O–H groups in total. The van der Waals surface area contributed by atoms with E-state index in [1.54, 1.807) is 0 Å². The average molecular weight is 849 g/mol. The molecule has 0 aromatic heterocycles. The minimum Gasteiger partial charge on any atom is -0.462 e. The van der Waals surface area contributed by atoms with Crippen molar-refractivity contribution in [1.29, 1.82) is 0 Å². The van der Waals surface area contributed by atoms with Crippen molar-refractivity contribution in [3.05, 3.63) is 0 Å². The van der Waals surface area contributed by atoms with E-state index in [1.165, 1.54) is 186 Å². The van der Waals surface area contributed by atoms with E-state index >= 15 is 0 Å². The largest absolute Gasteiger partial charge is 0.462 e. The summed E-state index contributed by atoms with van der Waals surface area (Å²) < 4.78 is 16.8. The van der Waals surface area contributed by atoms with E-state index in [-0.39, 0.29) is 31.1 Å². The maximum atomic E-state index is 12.8. The van der Waals surface area contributed by atoms with Crippen molar-refractivity contribution in [1.82, 2.24) is 0 Å². The van der Waals surface area contributed by atoms with Gasteiger partial charge >= 0.3 is 17.9 Å². The highest BCUT2D eigenvalue weighted by atomic mass is 16.6. The maximum absolute atomic E-state index is 12.8. The van der Waals surface area contributed by atoms with Gasteiger partial charge in [0.25, 0.3) is 0 Å². The molecule has 0 heterocycles. The lowest BCUT2D eigenvalue weighted by atomic mass is 10.00. The second-order valence-electron chi connectivity index (χ2n) is 19.2. The first-order valence-electron chi connectivity index (χ1n) is 26.8. The molecule has 0 radical (unpaired) electrons. The number of unbranched alkanes of at least 4 members (excludes halogenated alkanes) is 32. The first-order chi connectivity index (χ1) is 29.3. The zero-order valence-electron chi connectivity index (χ0n) is 41.1. The molecule has 6 heteroatoms. The van der Waals surface area contributed by atoms with Crippen LogP contribution in [0.2, 0.25) is 0 Å². The first-order valence-corrected chi connectivity index (χ1v) is 26.8. The highest BCUT2D eigenvalue weighted by molar-refractivity contribution is 5.71. The smallest absolute Gasteiger partial charge is 0.306 e. The lowest BCUT2D eigenvalue weighted by Crippen LogP contribution is -2.30. The Balaban J connectivity index is 4.28. The van der Waals surface area contributed by atoms with Crippen LogP contribution in [0.4, 0.5) is 0 Å². The van der Waals surface area contributed by atoms with Crippen LogP contribution in [0.1, 0.15) is 298 Å². The van der Waals surface area contributed by atoms with Crippen LogP contribution < -0.4 is 0 Å². The summed E-state index contributed by atoms with van der Waals surface area (Å²) in [5, 5.41) is 0. The normalized spacial score (nSPS) is 12.5. The molecule has 0 bridgehead atoms. The second kappa shape index (κ2) is 46.9. The van der Waals surface area contributed by atoms with Gasteiger partial charge in [0.05, 0.1) is 0 Å². The number of ether oxygens (including phenoxy) is 3. The first kappa shape index (κ1) is 58.4. The highest BCUT2D eigenvalue weighted by Crippen LogP contribution is 2.18. The van der Waals surface area contributed by atoms with Gasteiger partial charge in [-0.25, -0.2) is 0 Å². The monoisotopic (exact) mass is 849 g/mol. The van der Waals surface area contributed by atoms with Crippen LogP contribution >= 0.6 is 0 Å². The average Bonchev–Trinajstić information content (AvgIpc) is 3.23. The Morgan fingerprint density at radius 3 is 0.950 bits per heavy atom. The summed E-state index contributed by atoms with van der Waals surface area (Å²) >= 11 is 0. The van der Waals surface area contributed by atoms with Gasteiger partial charge in [0, 0.05) is 19.3 Å². The molecule has 0 aromatic carbocycles. The lowest BCUT2D eigenvalue weighted by Gasteiger charge is -2.18. The summed E-state index contributed by atoms with van der Waals surface area (Å²) in [7, 11) is 0. The van der Waals surface area contributed by atoms with Gasteiger partial charge in [-0.1, -0.05) is 259 Å². The Morgan fingerprint density at radius 1 is 0.350 bits per heavy atom. The molecule has 0 aliphatic rings. The third-order valence-electron chi connectivity index (χ3n) is 12.6. The Kier molecular flexibility index (Phi) is 45.7. The Bertz CT molecular complexity index is 918. The fourth-order valence-corrected chi connectivity index (χ4v) is 8.13. The number of hydrogen-bond donors (Lipinski definition) is 0. The van der Waals surface area contributed by atoms with E-state index in [0.29, 0.717) is 19.3 Å². The van der Waals surface area contributed by atoms with Gasteiger partial charge in [0.15, 0.2) is 6.10 Å². The number of esters is 3. The number of carbonyl (C=O) groups is 3. The third kappa shape index (κ3) is 45.9. The summed E-state index contributed by atoms with van der Waals surface area (Å²) in [5.74, 6) is 0.814. The summed E-state index contributed by atoms with van der Waals surface area (Å²) in [5.41, 5.74) is 0. The number of hydrogen-bond acceptors (Lipinski definition) is 6. The summed E-state index contributed by atoms with van der Waals surface area (Å²) in [4.78, 5) is 38.0. The summed E-state index contributed by atoms with van der Waals surface area (Å²) in [6, 6.07) is 0. The Hall–Kier alpha value is -1.59. The van der Waals surface area contributed by atoms with E-state index in [0.717, 1.165) is 69.6 Å². The predicted octanol–water partition coefficient (Wildman–Crippen LogP) is 17.3. The molecule has 0 aliphatic carbocycles. The van der Waals surface area contributed by atoms with E-state index in [9.17, 15) is 14.4 Å². The van der Waals surface area contributed by atoms with Crippen molar-refractivity contribution in [2.45, 2.75) is 304 Å². The maximum Gasteiger partial charge on any atom is 0.306 e. The second-order valence-corrected chi connectivity index (χ2v) is 19.2. The van der Waals surface area contributed by atoms with Gasteiger partial charge in [-0.15, -0.1) is 0 Å². The standard InChI is InChI=1S/C54H104O6/c1-6-8-9-10-11-12-13-14-19-22-25-28-34-39-44-52(55)58-47-51(48-59-53(56)45-40-35-31-30-33-38-43-50(5)7-2)60-54(57)46-41-36-29-26-23-20-17-15-16-18-21-24-27-32-37-42-49(3)4/h49-51H,6-48H2,1-5H3/t50?,51-/m0/s1.